The van der Waals surface area contributed by atoms with Gasteiger partial charge in [-0.3, -0.25) is 4.79 Å². The molecule has 3 aliphatic heterocycles. The van der Waals surface area contributed by atoms with E-state index >= 15 is 0 Å². The van der Waals surface area contributed by atoms with Crippen LogP contribution in [0, 0.1) is 0 Å². The summed E-state index contributed by atoms with van der Waals surface area (Å²) in [5.74, 6) is -0.703. The van der Waals surface area contributed by atoms with Crippen molar-refractivity contribution in [2.75, 3.05) is 26.4 Å². The predicted molar refractivity (Wildman–Crippen MR) is 146 cm³/mol. The van der Waals surface area contributed by atoms with Crippen molar-refractivity contribution in [1.29, 1.82) is 0 Å². The van der Waals surface area contributed by atoms with E-state index in [1.54, 1.807) is 0 Å². The first kappa shape index (κ1) is 40.1. The molecule has 0 aromatic carbocycles. The zero-order chi connectivity index (χ0) is 35.3. The molecule has 3 saturated heterocycles. The number of rotatable bonds is 14. The normalized spacial score (nSPS) is 43.9. The number of aliphatic hydroxyl groups is 13. The van der Waals surface area contributed by atoms with Gasteiger partial charge in [-0.1, -0.05) is 0 Å². The summed E-state index contributed by atoms with van der Waals surface area (Å²) in [4.78, 5) is 11.7. The summed E-state index contributed by atoms with van der Waals surface area (Å²) in [5.41, 5.74) is 0. The smallest absolute Gasteiger partial charge is 0.217 e. The second-order valence-corrected chi connectivity index (χ2v) is 11.6. The first-order valence-electron chi connectivity index (χ1n) is 14.9. The Morgan fingerprint density at radius 3 is 1.72 bits per heavy atom. The highest BCUT2D eigenvalue weighted by atomic mass is 16.8. The lowest BCUT2D eigenvalue weighted by molar-refractivity contribution is -0.397. The summed E-state index contributed by atoms with van der Waals surface area (Å²) in [6.07, 6.45) is -32.8. The zero-order valence-corrected chi connectivity index (χ0v) is 25.5. The number of carbonyl (C=O) groups excluding carboxylic acids is 1. The number of amides is 1. The third-order valence-corrected chi connectivity index (χ3v) is 8.23. The zero-order valence-electron chi connectivity index (χ0n) is 25.5. The maximum atomic E-state index is 11.7. The highest BCUT2D eigenvalue weighted by Gasteiger charge is 2.55. The van der Waals surface area contributed by atoms with Crippen LogP contribution in [0.15, 0.2) is 0 Å². The molecule has 47 heavy (non-hydrogen) atoms. The van der Waals surface area contributed by atoms with E-state index in [1.807, 2.05) is 0 Å². The number of nitrogens with one attached hydrogen (secondary N) is 1. The Hall–Kier alpha value is -1.29. The van der Waals surface area contributed by atoms with Crippen LogP contribution in [-0.4, -0.2) is 215 Å². The van der Waals surface area contributed by atoms with Crippen LogP contribution in [0.3, 0.4) is 0 Å². The van der Waals surface area contributed by atoms with Gasteiger partial charge in [0.25, 0.3) is 0 Å². The third kappa shape index (κ3) is 9.09. The van der Waals surface area contributed by atoms with Gasteiger partial charge in [0.2, 0.25) is 5.91 Å². The Balaban J connectivity index is 2.05. The molecular weight excluding hydrogens is 646 g/mol. The number of hydrogen-bond acceptors (Lipinski definition) is 20. The Kier molecular flexibility index (Phi) is 15.0. The standard InChI is InChI=1S/C26H47NO20/c1-7-13(34)17(38)19(40)24(42-7)47-23-22(46-25-20(41)18(39)15(36)11(5-30)43-25)16(37)12(6-31)44-26(23)45-21(10(33)4-29)14(35)9(3-28)27-8(2)32/h7,9-26,28-31,33-41H,3-6H2,1-2H3,(H,27,32)/t7-,9-,10+,11+,12+,13+,14+,15-,16-,17+,18-,19-,20+,21+,22-,23+,24-,25+,26-/m0/s1. The van der Waals surface area contributed by atoms with Crippen molar-refractivity contribution < 1.29 is 99.6 Å². The molecule has 0 aliphatic carbocycles. The van der Waals surface area contributed by atoms with Crippen molar-refractivity contribution in [3.8, 4) is 0 Å². The maximum absolute atomic E-state index is 11.7. The number of ether oxygens (including phenoxy) is 6. The fraction of sp³-hybridized carbons (Fsp3) is 0.962. The van der Waals surface area contributed by atoms with Crippen molar-refractivity contribution in [2.24, 2.45) is 0 Å². The molecule has 3 aliphatic rings. The molecule has 0 aromatic rings. The maximum Gasteiger partial charge on any atom is 0.217 e. The van der Waals surface area contributed by atoms with Crippen LogP contribution in [0.25, 0.3) is 0 Å². The molecule has 0 unspecified atom stereocenters. The Morgan fingerprint density at radius 2 is 1.19 bits per heavy atom. The molecule has 21 heteroatoms. The van der Waals surface area contributed by atoms with Crippen LogP contribution in [0.1, 0.15) is 13.8 Å². The molecule has 0 aromatic heterocycles. The quantitative estimate of drug-likeness (QED) is 0.0803. The van der Waals surface area contributed by atoms with Crippen LogP contribution in [-0.2, 0) is 33.2 Å². The third-order valence-electron chi connectivity index (χ3n) is 8.23. The van der Waals surface area contributed by atoms with Crippen molar-refractivity contribution in [1.82, 2.24) is 5.32 Å². The fourth-order valence-electron chi connectivity index (χ4n) is 5.45. The lowest BCUT2D eigenvalue weighted by Gasteiger charge is -2.49. The van der Waals surface area contributed by atoms with Gasteiger partial charge < -0.3 is 100 Å². The summed E-state index contributed by atoms with van der Waals surface area (Å²) in [6.45, 7) is -1.36. The first-order valence-corrected chi connectivity index (χ1v) is 14.9. The van der Waals surface area contributed by atoms with Gasteiger partial charge in [-0.2, -0.15) is 0 Å². The van der Waals surface area contributed by atoms with Gasteiger partial charge >= 0.3 is 0 Å². The average Bonchev–Trinajstić information content (AvgIpc) is 3.05. The van der Waals surface area contributed by atoms with Crippen LogP contribution >= 0.6 is 0 Å². The number of hydrogen-bond donors (Lipinski definition) is 14. The minimum Gasteiger partial charge on any atom is -0.394 e. The highest BCUT2D eigenvalue weighted by molar-refractivity contribution is 5.73. The minimum atomic E-state index is -2.02. The fourth-order valence-corrected chi connectivity index (χ4v) is 5.45. The van der Waals surface area contributed by atoms with E-state index in [0.29, 0.717) is 0 Å². The van der Waals surface area contributed by atoms with E-state index in [0.717, 1.165) is 6.92 Å². The van der Waals surface area contributed by atoms with E-state index < -0.39 is 149 Å². The SMILES string of the molecule is CC(=O)N[C@@H](CO)[C@@H](O)[C@H](O[C@@H]1O[C@H](CO)[C@H](O)[C@H](O[C@H]2O[C@H](CO)[C@H](O)[C@H](O)[C@H]2O)[C@H]1O[C@@H]1O[C@@H](C)[C@@H](O)[C@@H](O)[C@@H]1O)[C@H](O)CO. The largest absolute Gasteiger partial charge is 0.394 e. The van der Waals surface area contributed by atoms with Crippen LogP contribution in [0.4, 0.5) is 0 Å². The summed E-state index contributed by atoms with van der Waals surface area (Å²) >= 11 is 0. The van der Waals surface area contributed by atoms with E-state index in [9.17, 15) is 71.2 Å². The molecule has 0 saturated carbocycles. The minimum absolute atomic E-state index is 0.703. The van der Waals surface area contributed by atoms with Gasteiger partial charge in [0.15, 0.2) is 18.9 Å². The van der Waals surface area contributed by atoms with Crippen LogP contribution < -0.4 is 5.32 Å². The van der Waals surface area contributed by atoms with E-state index in [2.05, 4.69) is 5.32 Å². The topological polar surface area (TPSA) is 347 Å². The molecule has 276 valence electrons. The highest BCUT2D eigenvalue weighted by Crippen LogP contribution is 2.34. The Labute approximate surface area is 268 Å². The molecule has 21 nitrogen and oxygen atoms in total. The van der Waals surface area contributed by atoms with Crippen molar-refractivity contribution in [2.45, 2.75) is 130 Å². The van der Waals surface area contributed by atoms with Crippen LogP contribution in [0.2, 0.25) is 0 Å². The Morgan fingerprint density at radius 1 is 0.681 bits per heavy atom. The van der Waals surface area contributed by atoms with E-state index in [4.69, 9.17) is 28.4 Å². The lowest BCUT2D eigenvalue weighted by Crippen LogP contribution is -2.68. The molecular formula is C26H47NO20. The van der Waals surface area contributed by atoms with Gasteiger partial charge in [-0.25, -0.2) is 0 Å². The molecule has 3 fully saturated rings. The van der Waals surface area contributed by atoms with Crippen molar-refractivity contribution in [3.63, 3.8) is 0 Å². The van der Waals surface area contributed by atoms with Gasteiger partial charge in [-0.15, -0.1) is 0 Å². The summed E-state index contributed by atoms with van der Waals surface area (Å²) < 4.78 is 33.9. The molecule has 0 spiro atoms. The lowest BCUT2D eigenvalue weighted by atomic mass is 9.95. The number of carbonyl (C=O) groups is 1. The van der Waals surface area contributed by atoms with Crippen molar-refractivity contribution in [3.05, 3.63) is 0 Å². The van der Waals surface area contributed by atoms with Crippen molar-refractivity contribution >= 4 is 5.91 Å². The molecule has 14 N–H and O–H groups in total. The Bertz CT molecular complexity index is 965. The van der Waals surface area contributed by atoms with Gasteiger partial charge in [0.1, 0.15) is 85.5 Å². The van der Waals surface area contributed by atoms with E-state index in [1.165, 1.54) is 6.92 Å². The monoisotopic (exact) mass is 693 g/mol. The second kappa shape index (κ2) is 17.6. The molecule has 1 amide bonds. The van der Waals surface area contributed by atoms with Gasteiger partial charge in [0.05, 0.1) is 38.6 Å². The van der Waals surface area contributed by atoms with Gasteiger partial charge in [0, 0.05) is 6.92 Å². The first-order chi connectivity index (χ1) is 22.1. The second-order valence-electron chi connectivity index (χ2n) is 11.6. The summed E-state index contributed by atoms with van der Waals surface area (Å²) in [6, 6.07) is -1.48. The molecule has 0 bridgehead atoms. The molecule has 3 rings (SSSR count). The van der Waals surface area contributed by atoms with Crippen LogP contribution in [0.5, 0.6) is 0 Å². The van der Waals surface area contributed by atoms with Gasteiger partial charge in [-0.05, 0) is 6.92 Å². The molecule has 3 heterocycles. The summed E-state index contributed by atoms with van der Waals surface area (Å²) in [5, 5.41) is 136. The van der Waals surface area contributed by atoms with E-state index in [-0.39, 0.29) is 0 Å². The summed E-state index contributed by atoms with van der Waals surface area (Å²) in [7, 11) is 0. The molecule has 19 atom stereocenters. The predicted octanol–water partition coefficient (Wildman–Crippen LogP) is -8.94. The molecule has 0 radical (unpaired) electrons. The number of aliphatic hydroxyl groups excluding tert-OH is 13. The average molecular weight is 694 g/mol.